The van der Waals surface area contributed by atoms with Gasteiger partial charge in [0.2, 0.25) is 0 Å². The fourth-order valence-electron chi connectivity index (χ4n) is 1.72. The zero-order valence-electron chi connectivity index (χ0n) is 9.07. The van der Waals surface area contributed by atoms with Gasteiger partial charge in [-0.25, -0.2) is 4.98 Å². The summed E-state index contributed by atoms with van der Waals surface area (Å²) in [5.74, 6) is 0.800. The quantitative estimate of drug-likeness (QED) is 0.778. The molecule has 2 heterocycles. The van der Waals surface area contributed by atoms with Crippen LogP contribution in [0.5, 0.6) is 0 Å². The number of aromatic nitrogens is 1. The lowest BCUT2D eigenvalue weighted by Crippen LogP contribution is -2.37. The summed E-state index contributed by atoms with van der Waals surface area (Å²) in [6.07, 6.45) is 1.72. The molecular weight excluding hydrogens is 272 g/mol. The predicted octanol–water partition coefficient (Wildman–Crippen LogP) is 1.88. The summed E-state index contributed by atoms with van der Waals surface area (Å²) in [5.41, 5.74) is 0.663. The summed E-state index contributed by atoms with van der Waals surface area (Å²) in [5, 5.41) is 0. The van der Waals surface area contributed by atoms with Crippen molar-refractivity contribution in [3.8, 4) is 0 Å². The summed E-state index contributed by atoms with van der Waals surface area (Å²) in [4.78, 5) is 18.0. The van der Waals surface area contributed by atoms with Gasteiger partial charge in [-0.1, -0.05) is 0 Å². The van der Waals surface area contributed by atoms with Crippen LogP contribution in [-0.4, -0.2) is 37.1 Å². The van der Waals surface area contributed by atoms with Gasteiger partial charge < -0.3 is 9.64 Å². The molecule has 0 unspecified atom stereocenters. The second kappa shape index (κ2) is 4.93. The number of ether oxygens (including phenoxy) is 1. The van der Waals surface area contributed by atoms with Crippen molar-refractivity contribution in [1.29, 1.82) is 0 Å². The monoisotopic (exact) mass is 284 g/mol. The third kappa shape index (κ3) is 2.41. The number of nitrogens with zero attached hydrogens (tertiary/aromatic N) is 2. The number of carbonyl (C=O) groups is 1. The van der Waals surface area contributed by atoms with Gasteiger partial charge in [0.15, 0.2) is 5.78 Å². The maximum atomic E-state index is 11.5. The van der Waals surface area contributed by atoms with Crippen LogP contribution in [0.4, 0.5) is 5.82 Å². The predicted molar refractivity (Wildman–Crippen MR) is 65.0 cm³/mol. The third-order valence-corrected chi connectivity index (χ3v) is 2.96. The van der Waals surface area contributed by atoms with Crippen molar-refractivity contribution in [2.24, 2.45) is 0 Å². The number of ketones is 1. The van der Waals surface area contributed by atoms with Crippen molar-refractivity contribution in [2.45, 2.75) is 6.92 Å². The average Bonchev–Trinajstić information content (AvgIpc) is 2.30. The van der Waals surface area contributed by atoms with Crippen molar-refractivity contribution >= 4 is 27.5 Å². The topological polar surface area (TPSA) is 42.4 Å². The highest BCUT2D eigenvalue weighted by Gasteiger charge is 2.18. The molecule has 1 aliphatic heterocycles. The minimum atomic E-state index is 0.0373. The molecule has 0 aliphatic carbocycles. The minimum absolute atomic E-state index is 0.0373. The van der Waals surface area contributed by atoms with Crippen LogP contribution in [0.25, 0.3) is 0 Å². The highest BCUT2D eigenvalue weighted by atomic mass is 79.9. The molecule has 1 aliphatic rings. The van der Waals surface area contributed by atoms with E-state index in [1.54, 1.807) is 13.1 Å². The number of anilines is 1. The van der Waals surface area contributed by atoms with Gasteiger partial charge in [0.1, 0.15) is 5.82 Å². The van der Waals surface area contributed by atoms with Gasteiger partial charge >= 0.3 is 0 Å². The zero-order chi connectivity index (χ0) is 11.5. The Kier molecular flexibility index (Phi) is 3.56. The Morgan fingerprint density at radius 3 is 2.81 bits per heavy atom. The average molecular weight is 285 g/mol. The Labute approximate surface area is 103 Å². The van der Waals surface area contributed by atoms with E-state index in [4.69, 9.17) is 4.74 Å². The molecule has 0 aromatic carbocycles. The third-order valence-electron chi connectivity index (χ3n) is 2.52. The molecule has 1 aromatic rings. The van der Waals surface area contributed by atoms with E-state index in [0.29, 0.717) is 18.8 Å². The Hall–Kier alpha value is -0.940. The Bertz CT molecular complexity index is 403. The Morgan fingerprint density at radius 1 is 1.50 bits per heavy atom. The second-order valence-electron chi connectivity index (χ2n) is 3.68. The summed E-state index contributed by atoms with van der Waals surface area (Å²) >= 11 is 3.33. The first-order valence-corrected chi connectivity index (χ1v) is 5.97. The maximum Gasteiger partial charge on any atom is 0.163 e. The van der Waals surface area contributed by atoms with E-state index < -0.39 is 0 Å². The molecule has 1 saturated heterocycles. The van der Waals surface area contributed by atoms with Crippen LogP contribution in [0.1, 0.15) is 17.3 Å². The lowest BCUT2D eigenvalue weighted by atomic mass is 10.1. The van der Waals surface area contributed by atoms with Gasteiger partial charge in [-0.2, -0.15) is 0 Å². The van der Waals surface area contributed by atoms with Crippen molar-refractivity contribution in [3.63, 3.8) is 0 Å². The SMILES string of the molecule is CC(=O)c1cc(Br)cnc1N1CCOCC1. The molecule has 5 heteroatoms. The molecule has 1 fully saturated rings. The first-order chi connectivity index (χ1) is 7.68. The van der Waals surface area contributed by atoms with Crippen LogP contribution in [-0.2, 0) is 4.74 Å². The van der Waals surface area contributed by atoms with E-state index in [1.165, 1.54) is 0 Å². The highest BCUT2D eigenvalue weighted by Crippen LogP contribution is 2.22. The van der Waals surface area contributed by atoms with E-state index in [0.717, 1.165) is 23.4 Å². The van der Waals surface area contributed by atoms with Crippen LogP contribution >= 0.6 is 15.9 Å². The lowest BCUT2D eigenvalue weighted by Gasteiger charge is -2.29. The normalized spacial score (nSPS) is 16.2. The standard InChI is InChI=1S/C11H13BrN2O2/c1-8(15)10-6-9(12)7-13-11(10)14-2-4-16-5-3-14/h6-7H,2-5H2,1H3. The molecule has 0 spiro atoms. The molecule has 1 aromatic heterocycles. The summed E-state index contributed by atoms with van der Waals surface area (Å²) in [7, 11) is 0. The smallest absolute Gasteiger partial charge is 0.163 e. The van der Waals surface area contributed by atoms with Crippen molar-refractivity contribution in [2.75, 3.05) is 31.2 Å². The van der Waals surface area contributed by atoms with Crippen molar-refractivity contribution in [1.82, 2.24) is 4.98 Å². The number of Topliss-reactive ketones (excluding diaryl/α,β-unsaturated/α-hetero) is 1. The van der Waals surface area contributed by atoms with E-state index in [2.05, 4.69) is 25.8 Å². The molecule has 2 rings (SSSR count). The number of carbonyl (C=O) groups excluding carboxylic acids is 1. The van der Waals surface area contributed by atoms with Gasteiger partial charge in [-0.3, -0.25) is 4.79 Å². The lowest BCUT2D eigenvalue weighted by molar-refractivity contribution is 0.101. The number of rotatable bonds is 2. The largest absolute Gasteiger partial charge is 0.378 e. The van der Waals surface area contributed by atoms with Gasteiger partial charge in [-0.15, -0.1) is 0 Å². The molecule has 0 atom stereocenters. The number of hydrogen-bond acceptors (Lipinski definition) is 4. The molecule has 16 heavy (non-hydrogen) atoms. The van der Waals surface area contributed by atoms with Crippen LogP contribution in [0.15, 0.2) is 16.7 Å². The first kappa shape index (κ1) is 11.5. The molecule has 0 bridgehead atoms. The van der Waals surface area contributed by atoms with E-state index >= 15 is 0 Å². The minimum Gasteiger partial charge on any atom is -0.378 e. The summed E-state index contributed by atoms with van der Waals surface area (Å²) in [6, 6.07) is 1.82. The zero-order valence-corrected chi connectivity index (χ0v) is 10.7. The van der Waals surface area contributed by atoms with E-state index in [-0.39, 0.29) is 5.78 Å². The molecule has 0 amide bonds. The molecule has 0 radical (unpaired) electrons. The summed E-state index contributed by atoms with van der Waals surface area (Å²) in [6.45, 7) is 4.52. The Balaban J connectivity index is 2.34. The van der Waals surface area contributed by atoms with Crippen LogP contribution in [0.3, 0.4) is 0 Å². The summed E-state index contributed by atoms with van der Waals surface area (Å²) < 4.78 is 6.11. The fourth-order valence-corrected chi connectivity index (χ4v) is 2.05. The van der Waals surface area contributed by atoms with Crippen LogP contribution in [0, 0.1) is 0 Å². The Morgan fingerprint density at radius 2 is 2.19 bits per heavy atom. The highest BCUT2D eigenvalue weighted by molar-refractivity contribution is 9.10. The van der Waals surface area contributed by atoms with Crippen LogP contribution in [0.2, 0.25) is 0 Å². The molecule has 86 valence electrons. The number of morpholine rings is 1. The first-order valence-electron chi connectivity index (χ1n) is 5.17. The van der Waals surface area contributed by atoms with Gasteiger partial charge in [-0.05, 0) is 28.9 Å². The molecule has 0 N–H and O–H groups in total. The molecule has 0 saturated carbocycles. The number of halogens is 1. The van der Waals surface area contributed by atoms with Gasteiger partial charge in [0.25, 0.3) is 0 Å². The second-order valence-corrected chi connectivity index (χ2v) is 4.60. The van der Waals surface area contributed by atoms with Crippen molar-refractivity contribution in [3.05, 3.63) is 22.3 Å². The maximum absolute atomic E-state index is 11.5. The van der Waals surface area contributed by atoms with Crippen LogP contribution < -0.4 is 4.90 Å². The molecule has 4 nitrogen and oxygen atoms in total. The van der Waals surface area contributed by atoms with Crippen molar-refractivity contribution < 1.29 is 9.53 Å². The molecular formula is C11H13BrN2O2. The number of hydrogen-bond donors (Lipinski definition) is 0. The fraction of sp³-hybridized carbons (Fsp3) is 0.455. The van der Waals surface area contributed by atoms with Gasteiger partial charge in [0.05, 0.1) is 18.8 Å². The van der Waals surface area contributed by atoms with E-state index in [9.17, 15) is 4.79 Å². The number of pyridine rings is 1. The van der Waals surface area contributed by atoms with E-state index in [1.807, 2.05) is 6.07 Å². The van der Waals surface area contributed by atoms with Gasteiger partial charge in [0, 0.05) is 23.8 Å².